The van der Waals surface area contributed by atoms with E-state index in [1.54, 1.807) is 0 Å². The van der Waals surface area contributed by atoms with E-state index in [4.69, 9.17) is 0 Å². The maximum atomic E-state index is 12.7. The zero-order valence-electron chi connectivity index (χ0n) is 13.5. The number of benzene rings is 3. The first-order chi connectivity index (χ1) is 12.1. The largest absolute Gasteiger partial charge is 0.378 e. The van der Waals surface area contributed by atoms with Crippen LogP contribution in [0.4, 0.5) is 5.69 Å². The Hall–Kier alpha value is -1.66. The molecule has 3 aromatic carbocycles. The van der Waals surface area contributed by atoms with Crippen LogP contribution in [0.2, 0.25) is 0 Å². The molecule has 0 radical (unpaired) electrons. The fraction of sp³-hybridized carbons (Fsp3) is 0.0952. The van der Waals surface area contributed by atoms with Gasteiger partial charge < -0.3 is 5.32 Å². The Balaban J connectivity index is 1.82. The number of carbonyl (C=O) groups excluding carboxylic acids is 1. The molecule has 0 aromatic heterocycles. The number of halogens is 2. The number of Topliss-reactive ketones (excluding diaryl/α,β-unsaturated/α-hetero) is 1. The predicted octanol–water partition coefficient (Wildman–Crippen LogP) is 6.48. The predicted molar refractivity (Wildman–Crippen MR) is 115 cm³/mol. The molecule has 1 N–H and O–H groups in total. The van der Waals surface area contributed by atoms with Gasteiger partial charge in [-0.2, -0.15) is 0 Å². The van der Waals surface area contributed by atoms with Crippen LogP contribution in [0.5, 0.6) is 0 Å². The first-order valence-corrected chi connectivity index (χ1v) is 9.85. The fourth-order valence-corrected chi connectivity index (χ4v) is 3.25. The lowest BCUT2D eigenvalue weighted by Crippen LogP contribution is -2.15. The topological polar surface area (TPSA) is 29.1 Å². The average Bonchev–Trinajstić information content (AvgIpc) is 2.64. The first-order valence-electron chi connectivity index (χ1n) is 7.97. The Morgan fingerprint density at radius 3 is 2.20 bits per heavy atom. The molecule has 0 aliphatic rings. The van der Waals surface area contributed by atoms with Gasteiger partial charge in [-0.3, -0.25) is 4.79 Å². The molecule has 0 bridgehead atoms. The lowest BCUT2D eigenvalue weighted by molar-refractivity contribution is 0.0976. The molecule has 3 aromatic rings. The standard InChI is InChI=1S/C21H17BrINO/c22-17-8-6-16(7-9-17)21(25)14-20(15-4-2-1-3-5-15)24-19-12-10-18(23)11-13-19/h1-13,20,24H,14H2. The Labute approximate surface area is 169 Å². The maximum absolute atomic E-state index is 12.7. The van der Waals surface area contributed by atoms with Crippen molar-refractivity contribution in [2.75, 3.05) is 5.32 Å². The molecule has 0 heterocycles. The normalized spacial score (nSPS) is 11.8. The van der Waals surface area contributed by atoms with Crippen LogP contribution in [0.15, 0.2) is 83.3 Å². The molecular formula is C21H17BrINO. The average molecular weight is 506 g/mol. The Kier molecular flexibility index (Phi) is 6.26. The Morgan fingerprint density at radius 2 is 1.56 bits per heavy atom. The molecule has 0 aliphatic heterocycles. The second-order valence-corrected chi connectivity index (χ2v) is 7.91. The van der Waals surface area contributed by atoms with Gasteiger partial charge in [0.1, 0.15) is 0 Å². The van der Waals surface area contributed by atoms with Crippen LogP contribution in [-0.4, -0.2) is 5.78 Å². The molecule has 1 unspecified atom stereocenters. The van der Waals surface area contributed by atoms with Gasteiger partial charge in [-0.15, -0.1) is 0 Å². The summed E-state index contributed by atoms with van der Waals surface area (Å²) in [5.41, 5.74) is 2.85. The van der Waals surface area contributed by atoms with Gasteiger partial charge >= 0.3 is 0 Å². The van der Waals surface area contributed by atoms with E-state index in [-0.39, 0.29) is 11.8 Å². The van der Waals surface area contributed by atoms with E-state index in [0.29, 0.717) is 6.42 Å². The lowest BCUT2D eigenvalue weighted by Gasteiger charge is -2.20. The van der Waals surface area contributed by atoms with Crippen LogP contribution >= 0.6 is 38.5 Å². The van der Waals surface area contributed by atoms with Crippen molar-refractivity contribution in [3.05, 3.63) is 98.0 Å². The van der Waals surface area contributed by atoms with Crippen molar-refractivity contribution < 1.29 is 4.79 Å². The lowest BCUT2D eigenvalue weighted by atomic mass is 9.97. The quantitative estimate of drug-likeness (QED) is 0.307. The monoisotopic (exact) mass is 505 g/mol. The number of ketones is 1. The summed E-state index contributed by atoms with van der Waals surface area (Å²) in [5, 5.41) is 3.50. The second-order valence-electron chi connectivity index (χ2n) is 5.75. The van der Waals surface area contributed by atoms with Gasteiger partial charge in [-0.05, 0) is 64.6 Å². The van der Waals surface area contributed by atoms with E-state index in [1.807, 2.05) is 54.6 Å². The zero-order chi connectivity index (χ0) is 17.6. The Morgan fingerprint density at radius 1 is 0.920 bits per heavy atom. The molecule has 0 fully saturated rings. The molecule has 0 saturated carbocycles. The molecule has 0 spiro atoms. The van der Waals surface area contributed by atoms with Crippen molar-refractivity contribution in [1.82, 2.24) is 0 Å². The summed E-state index contributed by atoms with van der Waals surface area (Å²) in [7, 11) is 0. The molecular weight excluding hydrogens is 489 g/mol. The maximum Gasteiger partial charge on any atom is 0.165 e. The molecule has 1 atom stereocenters. The van der Waals surface area contributed by atoms with Crippen LogP contribution in [0.3, 0.4) is 0 Å². The highest BCUT2D eigenvalue weighted by Crippen LogP contribution is 2.25. The number of carbonyl (C=O) groups is 1. The minimum atomic E-state index is -0.0718. The number of rotatable bonds is 6. The molecule has 2 nitrogen and oxygen atoms in total. The van der Waals surface area contributed by atoms with Crippen LogP contribution in [-0.2, 0) is 0 Å². The number of nitrogens with one attached hydrogen (secondary N) is 1. The third-order valence-corrected chi connectivity index (χ3v) is 5.19. The van der Waals surface area contributed by atoms with Crippen molar-refractivity contribution >= 4 is 50.0 Å². The van der Waals surface area contributed by atoms with Crippen molar-refractivity contribution in [2.45, 2.75) is 12.5 Å². The van der Waals surface area contributed by atoms with Gasteiger partial charge in [-0.1, -0.05) is 58.4 Å². The van der Waals surface area contributed by atoms with Crippen molar-refractivity contribution in [1.29, 1.82) is 0 Å². The van der Waals surface area contributed by atoms with Gasteiger partial charge in [-0.25, -0.2) is 0 Å². The van der Waals surface area contributed by atoms with Crippen LogP contribution in [0.25, 0.3) is 0 Å². The summed E-state index contributed by atoms with van der Waals surface area (Å²) in [6.45, 7) is 0. The highest BCUT2D eigenvalue weighted by Gasteiger charge is 2.17. The highest BCUT2D eigenvalue weighted by atomic mass is 127. The number of hydrogen-bond donors (Lipinski definition) is 1. The molecule has 0 amide bonds. The van der Waals surface area contributed by atoms with Gasteiger partial charge in [0.15, 0.2) is 5.78 Å². The van der Waals surface area contributed by atoms with Gasteiger partial charge in [0.25, 0.3) is 0 Å². The van der Waals surface area contributed by atoms with E-state index in [2.05, 4.69) is 68.1 Å². The fourth-order valence-electron chi connectivity index (χ4n) is 2.62. The molecule has 0 saturated heterocycles. The van der Waals surface area contributed by atoms with E-state index < -0.39 is 0 Å². The van der Waals surface area contributed by atoms with Crippen molar-refractivity contribution in [2.24, 2.45) is 0 Å². The van der Waals surface area contributed by atoms with Crippen LogP contribution in [0, 0.1) is 3.57 Å². The van der Waals surface area contributed by atoms with Gasteiger partial charge in [0.2, 0.25) is 0 Å². The molecule has 4 heteroatoms. The smallest absolute Gasteiger partial charge is 0.165 e. The zero-order valence-corrected chi connectivity index (χ0v) is 17.2. The van der Waals surface area contributed by atoms with Gasteiger partial charge in [0.05, 0.1) is 6.04 Å². The minimum absolute atomic E-state index is 0.0718. The number of hydrogen-bond acceptors (Lipinski definition) is 2. The van der Waals surface area contributed by atoms with Crippen LogP contribution < -0.4 is 5.32 Å². The summed E-state index contributed by atoms with van der Waals surface area (Å²) >= 11 is 5.69. The van der Waals surface area contributed by atoms with Crippen molar-refractivity contribution in [3.63, 3.8) is 0 Å². The SMILES string of the molecule is O=C(CC(Nc1ccc(I)cc1)c1ccccc1)c1ccc(Br)cc1. The summed E-state index contributed by atoms with van der Waals surface area (Å²) in [5.74, 6) is 0.124. The Bertz CT molecular complexity index is 832. The third-order valence-electron chi connectivity index (χ3n) is 3.94. The summed E-state index contributed by atoms with van der Waals surface area (Å²) in [6.07, 6.45) is 0.400. The second kappa shape index (κ2) is 8.63. The summed E-state index contributed by atoms with van der Waals surface area (Å²) < 4.78 is 2.16. The number of anilines is 1. The molecule has 25 heavy (non-hydrogen) atoms. The first kappa shape index (κ1) is 18.1. The summed E-state index contributed by atoms with van der Waals surface area (Å²) in [6, 6.07) is 25.8. The van der Waals surface area contributed by atoms with E-state index in [0.717, 1.165) is 21.3 Å². The molecule has 0 aliphatic carbocycles. The minimum Gasteiger partial charge on any atom is -0.378 e. The van der Waals surface area contributed by atoms with Gasteiger partial charge in [0, 0.05) is 25.7 Å². The molecule has 3 rings (SSSR count). The summed E-state index contributed by atoms with van der Waals surface area (Å²) in [4.78, 5) is 12.7. The molecule has 126 valence electrons. The van der Waals surface area contributed by atoms with E-state index >= 15 is 0 Å². The van der Waals surface area contributed by atoms with E-state index in [9.17, 15) is 4.79 Å². The van der Waals surface area contributed by atoms with Crippen LogP contribution in [0.1, 0.15) is 28.4 Å². The highest BCUT2D eigenvalue weighted by molar-refractivity contribution is 14.1. The van der Waals surface area contributed by atoms with Crippen molar-refractivity contribution in [3.8, 4) is 0 Å². The van der Waals surface area contributed by atoms with E-state index in [1.165, 1.54) is 3.57 Å². The third kappa shape index (κ3) is 5.16.